The average Bonchev–Trinajstić information content (AvgIpc) is 2.42. The van der Waals surface area contributed by atoms with Crippen molar-refractivity contribution >= 4 is 5.91 Å². The molecule has 89 heavy (non-hydrogen) atoms. The van der Waals surface area contributed by atoms with Gasteiger partial charge in [0.15, 0.2) is 18.9 Å². The van der Waals surface area contributed by atoms with Crippen LogP contribution in [0.5, 0.6) is 0 Å². The minimum atomic E-state index is -1.98. The van der Waals surface area contributed by atoms with Crippen LogP contribution in [0.1, 0.15) is 258 Å². The Labute approximate surface area is 535 Å². The number of amides is 1. The average molecular weight is 1270 g/mol. The van der Waals surface area contributed by atoms with Gasteiger partial charge in [-0.15, -0.1) is 0 Å². The van der Waals surface area contributed by atoms with Crippen molar-refractivity contribution in [1.29, 1.82) is 0 Å². The smallest absolute Gasteiger partial charge is 0.220 e. The number of aliphatic hydroxyl groups is 11. The van der Waals surface area contributed by atoms with Crippen molar-refractivity contribution in [3.8, 4) is 0 Å². The maximum absolute atomic E-state index is 13.4. The maximum Gasteiger partial charge on any atom is 0.220 e. The fourth-order valence-electron chi connectivity index (χ4n) is 11.8. The van der Waals surface area contributed by atoms with E-state index in [0.29, 0.717) is 12.8 Å². The molecule has 3 aliphatic heterocycles. The van der Waals surface area contributed by atoms with Crippen molar-refractivity contribution in [1.82, 2.24) is 5.32 Å². The lowest BCUT2D eigenvalue weighted by molar-refractivity contribution is -0.379. The third kappa shape index (κ3) is 34.1. The molecule has 0 aromatic heterocycles. The Morgan fingerprint density at radius 2 is 0.753 bits per heavy atom. The summed E-state index contributed by atoms with van der Waals surface area (Å²) in [4.78, 5) is 13.4. The normalized spacial score (nSPS) is 28.5. The fraction of sp³-hybridized carbons (Fsp3) is 0.871. The summed E-state index contributed by atoms with van der Waals surface area (Å²) in [5.74, 6) is -0.284. The van der Waals surface area contributed by atoms with Crippen LogP contribution in [-0.2, 0) is 33.2 Å². The molecule has 17 atom stereocenters. The van der Waals surface area contributed by atoms with Crippen LogP contribution in [0.15, 0.2) is 48.6 Å². The van der Waals surface area contributed by atoms with Gasteiger partial charge in [-0.3, -0.25) is 4.79 Å². The summed E-state index contributed by atoms with van der Waals surface area (Å²) in [5, 5.41) is 120. The molecule has 19 nitrogen and oxygen atoms in total. The van der Waals surface area contributed by atoms with E-state index in [1.807, 2.05) is 6.08 Å². The van der Waals surface area contributed by atoms with Crippen molar-refractivity contribution in [2.45, 2.75) is 362 Å². The quantitative estimate of drug-likeness (QED) is 0.0199. The Bertz CT molecular complexity index is 1800. The Morgan fingerprint density at radius 3 is 1.19 bits per heavy atom. The van der Waals surface area contributed by atoms with Gasteiger partial charge in [0.2, 0.25) is 5.91 Å². The number of aliphatic hydroxyl groups excluding tert-OH is 11. The molecule has 0 aromatic rings. The van der Waals surface area contributed by atoms with Crippen molar-refractivity contribution in [3.05, 3.63) is 48.6 Å². The second-order valence-corrected chi connectivity index (χ2v) is 25.3. The summed E-state index contributed by atoms with van der Waals surface area (Å²) in [6, 6.07) is -0.989. The van der Waals surface area contributed by atoms with Gasteiger partial charge in [-0.25, -0.2) is 0 Å². The molecule has 3 rings (SSSR count). The van der Waals surface area contributed by atoms with Crippen LogP contribution >= 0.6 is 0 Å². The molecule has 3 saturated heterocycles. The topological polar surface area (TPSA) is 307 Å². The molecule has 520 valence electrons. The molecule has 3 heterocycles. The predicted octanol–water partition coefficient (Wildman–Crippen LogP) is 9.39. The van der Waals surface area contributed by atoms with E-state index in [-0.39, 0.29) is 18.9 Å². The molecule has 0 bridgehead atoms. The number of hydrogen-bond acceptors (Lipinski definition) is 18. The number of carbonyl (C=O) groups excluding carboxylic acids is 1. The highest BCUT2D eigenvalue weighted by Crippen LogP contribution is 2.33. The van der Waals surface area contributed by atoms with Gasteiger partial charge in [-0.2, -0.15) is 0 Å². The molecule has 3 fully saturated rings. The lowest BCUT2D eigenvalue weighted by Gasteiger charge is -2.48. The largest absolute Gasteiger partial charge is 0.394 e. The summed E-state index contributed by atoms with van der Waals surface area (Å²) in [6.07, 6.45) is 35.3. The van der Waals surface area contributed by atoms with Gasteiger partial charge in [-0.1, -0.05) is 236 Å². The number of hydrogen-bond donors (Lipinski definition) is 12. The molecule has 17 unspecified atom stereocenters. The Morgan fingerprint density at radius 1 is 0.404 bits per heavy atom. The predicted molar refractivity (Wildman–Crippen MR) is 346 cm³/mol. The van der Waals surface area contributed by atoms with Gasteiger partial charge >= 0.3 is 0 Å². The Hall–Kier alpha value is -2.25. The molecule has 0 saturated carbocycles. The summed E-state index contributed by atoms with van der Waals surface area (Å²) < 4.78 is 34.3. The standard InChI is InChI=1S/C70H127NO18/c1-3-5-7-9-11-13-15-17-19-20-21-22-23-24-25-26-27-28-29-30-31-32-34-36-38-40-42-44-46-48-58(76)71-53(54(75)47-45-43-41-39-37-35-33-18-16-14-12-10-8-6-4-2)52-84-68-64(82)61(79)66(56(50-73)86-68)89-70-65(83)62(80)67(57(51-74)87-70)88-69-63(81)60(78)59(77)55(49-72)85-69/h15,17,20-21,37,39,45,47,53-57,59-70,72-75,77-83H,3-14,16,18-19,22-36,38,40-44,46,48-52H2,1-2H3,(H,71,76)/b17-15-,21-20-,39-37+,47-45+. The van der Waals surface area contributed by atoms with Crippen LogP contribution in [0.3, 0.4) is 0 Å². The van der Waals surface area contributed by atoms with Crippen molar-refractivity contribution in [2.24, 2.45) is 0 Å². The molecule has 3 aliphatic rings. The summed E-state index contributed by atoms with van der Waals surface area (Å²) in [5.41, 5.74) is 0. The summed E-state index contributed by atoms with van der Waals surface area (Å²) >= 11 is 0. The number of allylic oxidation sites excluding steroid dienone is 7. The highest BCUT2D eigenvalue weighted by Gasteiger charge is 2.53. The number of ether oxygens (including phenoxy) is 6. The van der Waals surface area contributed by atoms with Gasteiger partial charge in [0.25, 0.3) is 0 Å². The van der Waals surface area contributed by atoms with Crippen LogP contribution < -0.4 is 5.32 Å². The highest BCUT2D eigenvalue weighted by molar-refractivity contribution is 5.76. The van der Waals surface area contributed by atoms with E-state index in [1.165, 1.54) is 180 Å². The maximum atomic E-state index is 13.4. The van der Waals surface area contributed by atoms with Crippen LogP contribution in [0.4, 0.5) is 0 Å². The zero-order chi connectivity index (χ0) is 64.7. The molecule has 0 aliphatic carbocycles. The van der Waals surface area contributed by atoms with Gasteiger partial charge < -0.3 is 89.9 Å². The van der Waals surface area contributed by atoms with E-state index in [2.05, 4.69) is 55.6 Å². The van der Waals surface area contributed by atoms with E-state index in [4.69, 9.17) is 28.4 Å². The zero-order valence-electron chi connectivity index (χ0n) is 54.9. The first-order chi connectivity index (χ1) is 43.3. The van der Waals surface area contributed by atoms with Gasteiger partial charge in [-0.05, 0) is 64.2 Å². The van der Waals surface area contributed by atoms with Crippen LogP contribution in [0.25, 0.3) is 0 Å². The molecule has 12 N–H and O–H groups in total. The van der Waals surface area contributed by atoms with E-state index >= 15 is 0 Å². The van der Waals surface area contributed by atoms with E-state index in [1.54, 1.807) is 6.08 Å². The lowest BCUT2D eigenvalue weighted by Crippen LogP contribution is -2.66. The molecular formula is C70H127NO18. The molecule has 1 amide bonds. The van der Waals surface area contributed by atoms with Gasteiger partial charge in [0, 0.05) is 6.42 Å². The third-order valence-electron chi connectivity index (χ3n) is 17.6. The van der Waals surface area contributed by atoms with E-state index in [9.17, 15) is 61.0 Å². The Balaban J connectivity index is 1.40. The lowest BCUT2D eigenvalue weighted by atomic mass is 9.96. The Kier molecular flexibility index (Phi) is 47.4. The van der Waals surface area contributed by atoms with Crippen molar-refractivity contribution in [2.75, 3.05) is 26.4 Å². The zero-order valence-corrected chi connectivity index (χ0v) is 54.9. The first-order valence-corrected chi connectivity index (χ1v) is 35.4. The minimum absolute atomic E-state index is 0.236. The second-order valence-electron chi connectivity index (χ2n) is 25.3. The van der Waals surface area contributed by atoms with Crippen LogP contribution in [-0.4, -0.2) is 193 Å². The fourth-order valence-corrected chi connectivity index (χ4v) is 11.8. The van der Waals surface area contributed by atoms with Crippen LogP contribution in [0.2, 0.25) is 0 Å². The number of rotatable bonds is 54. The van der Waals surface area contributed by atoms with E-state index in [0.717, 1.165) is 44.9 Å². The molecule has 0 spiro atoms. The number of unbranched alkanes of at least 4 members (excludes halogenated alkanes) is 32. The highest BCUT2D eigenvalue weighted by atomic mass is 16.8. The summed E-state index contributed by atoms with van der Waals surface area (Å²) in [7, 11) is 0. The van der Waals surface area contributed by atoms with Gasteiger partial charge in [0.1, 0.15) is 73.2 Å². The molecule has 19 heteroatoms. The second kappa shape index (κ2) is 52.1. The monoisotopic (exact) mass is 1270 g/mol. The molecule has 0 radical (unpaired) electrons. The summed E-state index contributed by atoms with van der Waals surface area (Å²) in [6.45, 7) is 1.71. The molecular weight excluding hydrogens is 1140 g/mol. The number of nitrogens with one attached hydrogen (secondary N) is 1. The minimum Gasteiger partial charge on any atom is -0.394 e. The number of carbonyl (C=O) groups is 1. The third-order valence-corrected chi connectivity index (χ3v) is 17.6. The van der Waals surface area contributed by atoms with Crippen LogP contribution in [0, 0.1) is 0 Å². The van der Waals surface area contributed by atoms with Crippen molar-refractivity contribution < 1.29 is 89.4 Å². The first kappa shape index (κ1) is 81.0. The van der Waals surface area contributed by atoms with Gasteiger partial charge in [0.05, 0.1) is 38.6 Å². The van der Waals surface area contributed by atoms with Crippen molar-refractivity contribution in [3.63, 3.8) is 0 Å². The molecule has 0 aromatic carbocycles. The first-order valence-electron chi connectivity index (χ1n) is 35.4. The van der Waals surface area contributed by atoms with E-state index < -0.39 is 124 Å². The SMILES string of the molecule is CCCCCCC/C=C\C/C=C\CCCCCCCCCCCCCCCCCCCC(=O)NC(COC1OC(CO)C(OC2OC(CO)C(OC3OC(CO)C(O)C(O)C3O)C(O)C2O)C(O)C1O)C(O)/C=C/CC/C=C/CCCCCCCCCCC.